The molecule has 134 valence electrons. The van der Waals surface area contributed by atoms with Gasteiger partial charge < -0.3 is 5.32 Å². The predicted octanol–water partition coefficient (Wildman–Crippen LogP) is 5.42. The van der Waals surface area contributed by atoms with Crippen LogP contribution in [0.15, 0.2) is 85.2 Å². The zero-order chi connectivity index (χ0) is 18.3. The van der Waals surface area contributed by atoms with Crippen LogP contribution in [0.5, 0.6) is 0 Å². The molecule has 27 heavy (non-hydrogen) atoms. The molecule has 0 spiro atoms. The quantitative estimate of drug-likeness (QED) is 0.482. The molecule has 0 saturated carbocycles. The average Bonchev–Trinajstić information content (AvgIpc) is 2.73. The van der Waals surface area contributed by atoms with Gasteiger partial charge in [0.15, 0.2) is 0 Å². The first-order valence-corrected chi connectivity index (χ1v) is 9.44. The molecule has 0 radical (unpaired) electrons. The maximum Gasteiger partial charge on any atom is 0.0726 e. The van der Waals surface area contributed by atoms with Crippen molar-refractivity contribution in [2.24, 2.45) is 0 Å². The van der Waals surface area contributed by atoms with Crippen molar-refractivity contribution in [2.45, 2.75) is 25.8 Å². The van der Waals surface area contributed by atoms with Crippen LogP contribution in [-0.2, 0) is 19.4 Å². The van der Waals surface area contributed by atoms with Gasteiger partial charge in [-0.3, -0.25) is 9.97 Å². The zero-order valence-electron chi connectivity index (χ0n) is 15.3. The normalized spacial score (nSPS) is 10.8. The molecule has 4 aromatic rings. The Kier molecular flexibility index (Phi) is 5.39. The molecule has 3 nitrogen and oxygen atoms in total. The number of para-hydroxylation sites is 1. The second-order valence-corrected chi connectivity index (χ2v) is 6.73. The van der Waals surface area contributed by atoms with Crippen LogP contribution in [0.3, 0.4) is 0 Å². The standard InChI is InChI=1S/C24H23N3/c1-2-8-20(9-3-1)18-26-24-16-21(27-23-14-5-4-13-22(23)24)12-6-10-19-11-7-15-25-17-19/h1-5,7-9,11,13-17H,6,10,12,18H2,(H,26,27). The number of hydrogen-bond acceptors (Lipinski definition) is 3. The Balaban J connectivity index is 1.51. The van der Waals surface area contributed by atoms with Crippen molar-refractivity contribution >= 4 is 16.6 Å². The summed E-state index contributed by atoms with van der Waals surface area (Å²) < 4.78 is 0. The molecule has 0 saturated heterocycles. The van der Waals surface area contributed by atoms with Gasteiger partial charge in [-0.15, -0.1) is 0 Å². The minimum atomic E-state index is 0.809. The van der Waals surface area contributed by atoms with Gasteiger partial charge in [0.2, 0.25) is 0 Å². The highest BCUT2D eigenvalue weighted by molar-refractivity contribution is 5.91. The van der Waals surface area contributed by atoms with Gasteiger partial charge in [-0.1, -0.05) is 54.6 Å². The highest BCUT2D eigenvalue weighted by Gasteiger charge is 2.06. The zero-order valence-corrected chi connectivity index (χ0v) is 15.3. The molecule has 3 heteroatoms. The summed E-state index contributed by atoms with van der Waals surface area (Å²) in [5, 5.41) is 4.77. The van der Waals surface area contributed by atoms with E-state index in [9.17, 15) is 0 Å². The fourth-order valence-corrected chi connectivity index (χ4v) is 3.32. The van der Waals surface area contributed by atoms with Crippen molar-refractivity contribution in [1.82, 2.24) is 9.97 Å². The van der Waals surface area contributed by atoms with Gasteiger partial charge in [0, 0.05) is 35.7 Å². The molecule has 0 aliphatic heterocycles. The third-order valence-electron chi connectivity index (χ3n) is 4.72. The first-order chi connectivity index (χ1) is 13.4. The Morgan fingerprint density at radius 1 is 0.778 bits per heavy atom. The number of aryl methyl sites for hydroxylation is 2. The summed E-state index contributed by atoms with van der Waals surface area (Å²) in [6.07, 6.45) is 6.81. The molecule has 2 aromatic carbocycles. The molecular weight excluding hydrogens is 330 g/mol. The van der Waals surface area contributed by atoms with Crippen molar-refractivity contribution in [3.8, 4) is 0 Å². The van der Waals surface area contributed by atoms with E-state index in [1.807, 2.05) is 24.5 Å². The monoisotopic (exact) mass is 353 g/mol. The Hall–Kier alpha value is -3.20. The third kappa shape index (κ3) is 4.50. The summed E-state index contributed by atoms with van der Waals surface area (Å²) in [6, 6.07) is 25.2. The van der Waals surface area contributed by atoms with Crippen LogP contribution < -0.4 is 5.32 Å². The minimum absolute atomic E-state index is 0.809. The molecule has 2 aromatic heterocycles. The molecule has 0 atom stereocenters. The maximum absolute atomic E-state index is 4.87. The molecule has 4 rings (SSSR count). The summed E-state index contributed by atoms with van der Waals surface area (Å²) >= 11 is 0. The summed E-state index contributed by atoms with van der Waals surface area (Å²) in [4.78, 5) is 9.06. The lowest BCUT2D eigenvalue weighted by Crippen LogP contribution is -2.02. The number of nitrogens with zero attached hydrogens (tertiary/aromatic N) is 2. The molecule has 0 aliphatic rings. The number of pyridine rings is 2. The highest BCUT2D eigenvalue weighted by atomic mass is 14.9. The largest absolute Gasteiger partial charge is 0.380 e. The van der Waals surface area contributed by atoms with Crippen LogP contribution in [-0.4, -0.2) is 9.97 Å². The van der Waals surface area contributed by atoms with E-state index in [0.717, 1.165) is 42.7 Å². The van der Waals surface area contributed by atoms with Crippen LogP contribution in [0.2, 0.25) is 0 Å². The van der Waals surface area contributed by atoms with E-state index in [-0.39, 0.29) is 0 Å². The van der Waals surface area contributed by atoms with Crippen molar-refractivity contribution in [2.75, 3.05) is 5.32 Å². The molecule has 0 fully saturated rings. The van der Waals surface area contributed by atoms with Gasteiger partial charge in [-0.25, -0.2) is 0 Å². The van der Waals surface area contributed by atoms with Gasteiger partial charge in [-0.2, -0.15) is 0 Å². The molecule has 0 aliphatic carbocycles. The van der Waals surface area contributed by atoms with Gasteiger partial charge >= 0.3 is 0 Å². The van der Waals surface area contributed by atoms with Gasteiger partial charge in [-0.05, 0) is 48.6 Å². The van der Waals surface area contributed by atoms with E-state index < -0.39 is 0 Å². The van der Waals surface area contributed by atoms with Crippen LogP contribution in [0.1, 0.15) is 23.2 Å². The third-order valence-corrected chi connectivity index (χ3v) is 4.72. The molecule has 0 bridgehead atoms. The van der Waals surface area contributed by atoms with Gasteiger partial charge in [0.25, 0.3) is 0 Å². The fraction of sp³-hybridized carbons (Fsp3) is 0.167. The molecular formula is C24H23N3. The second kappa shape index (κ2) is 8.45. The van der Waals surface area contributed by atoms with Crippen LogP contribution in [0.25, 0.3) is 10.9 Å². The number of hydrogen-bond donors (Lipinski definition) is 1. The van der Waals surface area contributed by atoms with Crippen LogP contribution in [0.4, 0.5) is 5.69 Å². The lowest BCUT2D eigenvalue weighted by atomic mass is 10.1. The molecule has 0 unspecified atom stereocenters. The maximum atomic E-state index is 4.87. The number of fused-ring (bicyclic) bond motifs is 1. The van der Waals surface area contributed by atoms with Crippen LogP contribution >= 0.6 is 0 Å². The summed E-state index contributed by atoms with van der Waals surface area (Å²) in [5.74, 6) is 0. The van der Waals surface area contributed by atoms with Gasteiger partial charge in [0.1, 0.15) is 0 Å². The topological polar surface area (TPSA) is 37.8 Å². The number of anilines is 1. The predicted molar refractivity (Wildman–Crippen MR) is 112 cm³/mol. The first-order valence-electron chi connectivity index (χ1n) is 9.44. The summed E-state index contributed by atoms with van der Waals surface area (Å²) in [5.41, 5.74) is 5.89. The van der Waals surface area contributed by atoms with Crippen molar-refractivity contribution in [3.63, 3.8) is 0 Å². The molecule has 0 amide bonds. The van der Waals surface area contributed by atoms with E-state index in [4.69, 9.17) is 4.98 Å². The molecule has 2 heterocycles. The fourth-order valence-electron chi connectivity index (χ4n) is 3.32. The Labute approximate surface area is 160 Å². The number of aromatic nitrogens is 2. The van der Waals surface area contributed by atoms with E-state index in [1.165, 1.54) is 16.5 Å². The first kappa shape index (κ1) is 17.2. The average molecular weight is 353 g/mol. The van der Waals surface area contributed by atoms with Crippen molar-refractivity contribution in [3.05, 3.63) is 102 Å². The van der Waals surface area contributed by atoms with Crippen molar-refractivity contribution < 1.29 is 0 Å². The Bertz CT molecular complexity index is 998. The number of rotatable bonds is 7. The Morgan fingerprint density at radius 3 is 2.44 bits per heavy atom. The van der Waals surface area contributed by atoms with E-state index in [1.54, 1.807) is 0 Å². The smallest absolute Gasteiger partial charge is 0.0726 e. The lowest BCUT2D eigenvalue weighted by Gasteiger charge is -2.12. The van der Waals surface area contributed by atoms with E-state index >= 15 is 0 Å². The molecule has 1 N–H and O–H groups in total. The highest BCUT2D eigenvalue weighted by Crippen LogP contribution is 2.24. The van der Waals surface area contributed by atoms with E-state index in [2.05, 4.69) is 71.0 Å². The van der Waals surface area contributed by atoms with E-state index in [0.29, 0.717) is 0 Å². The second-order valence-electron chi connectivity index (χ2n) is 6.73. The number of nitrogens with one attached hydrogen (secondary N) is 1. The van der Waals surface area contributed by atoms with Crippen LogP contribution in [0, 0.1) is 0 Å². The number of benzene rings is 2. The minimum Gasteiger partial charge on any atom is -0.380 e. The lowest BCUT2D eigenvalue weighted by molar-refractivity contribution is 0.800. The van der Waals surface area contributed by atoms with Crippen molar-refractivity contribution in [1.29, 1.82) is 0 Å². The summed E-state index contributed by atoms with van der Waals surface area (Å²) in [7, 11) is 0. The SMILES string of the molecule is c1ccc(CNc2cc(CCCc3cccnc3)nc3ccccc23)cc1. The van der Waals surface area contributed by atoms with Gasteiger partial charge in [0.05, 0.1) is 5.52 Å². The Morgan fingerprint density at radius 2 is 1.59 bits per heavy atom. The summed E-state index contributed by atoms with van der Waals surface area (Å²) in [6.45, 7) is 0.809.